The molecule has 2 atom stereocenters. The summed E-state index contributed by atoms with van der Waals surface area (Å²) in [6.45, 7) is 5.71. The van der Waals surface area contributed by atoms with Gasteiger partial charge in [-0.15, -0.1) is 0 Å². The Morgan fingerprint density at radius 1 is 1.42 bits per heavy atom. The first-order chi connectivity index (χ1) is 9.22. The van der Waals surface area contributed by atoms with Crippen LogP contribution in [0.3, 0.4) is 0 Å². The molecule has 1 aromatic rings. The summed E-state index contributed by atoms with van der Waals surface area (Å²) in [5.41, 5.74) is 2.03. The van der Waals surface area contributed by atoms with Crippen molar-refractivity contribution >= 4 is 11.6 Å². The van der Waals surface area contributed by atoms with Crippen LogP contribution in [0.2, 0.25) is 0 Å². The zero-order valence-electron chi connectivity index (χ0n) is 11.4. The van der Waals surface area contributed by atoms with Crippen LogP contribution in [-0.2, 0) is 4.79 Å². The third kappa shape index (κ3) is 2.80. The Labute approximate surface area is 114 Å². The van der Waals surface area contributed by atoms with Gasteiger partial charge in [0.2, 0.25) is 5.91 Å². The Morgan fingerprint density at radius 3 is 3.05 bits per heavy atom. The molecule has 2 N–H and O–H groups in total. The van der Waals surface area contributed by atoms with E-state index in [1.54, 1.807) is 0 Å². The number of rotatable bonds is 3. The normalized spacial score (nSPS) is 26.4. The number of fused-ring (bicyclic) bond motifs is 1. The second kappa shape index (κ2) is 5.31. The lowest BCUT2D eigenvalue weighted by molar-refractivity contribution is -0.117. The molecule has 4 nitrogen and oxygen atoms in total. The van der Waals surface area contributed by atoms with Gasteiger partial charge in [-0.1, -0.05) is 18.2 Å². The topological polar surface area (TPSA) is 44.4 Å². The van der Waals surface area contributed by atoms with Gasteiger partial charge in [0.25, 0.3) is 0 Å². The maximum atomic E-state index is 12.1. The largest absolute Gasteiger partial charge is 0.325 e. The van der Waals surface area contributed by atoms with Crippen LogP contribution in [0.5, 0.6) is 0 Å². The summed E-state index contributed by atoms with van der Waals surface area (Å²) in [6.07, 6.45) is 1.25. The average Bonchev–Trinajstić information content (AvgIpc) is 2.92. The summed E-state index contributed by atoms with van der Waals surface area (Å²) in [6, 6.07) is 8.50. The van der Waals surface area contributed by atoms with E-state index < -0.39 is 0 Å². The fraction of sp³-hybridized carbons (Fsp3) is 0.533. The van der Waals surface area contributed by atoms with Gasteiger partial charge in [0.15, 0.2) is 0 Å². The predicted molar refractivity (Wildman–Crippen MR) is 76.1 cm³/mol. The van der Waals surface area contributed by atoms with E-state index in [-0.39, 0.29) is 5.91 Å². The maximum Gasteiger partial charge on any atom is 0.238 e. The van der Waals surface area contributed by atoms with Crippen molar-refractivity contribution in [3.63, 3.8) is 0 Å². The van der Waals surface area contributed by atoms with Gasteiger partial charge in [-0.05, 0) is 37.4 Å². The molecular formula is C15H21N3O. The second-order valence-electron chi connectivity index (χ2n) is 5.67. The Kier molecular flexibility index (Phi) is 3.53. The zero-order valence-corrected chi connectivity index (χ0v) is 11.4. The first-order valence-electron chi connectivity index (χ1n) is 7.03. The summed E-state index contributed by atoms with van der Waals surface area (Å²) < 4.78 is 0. The number of likely N-dealkylation sites (tertiary alicyclic amines) is 1. The van der Waals surface area contributed by atoms with Crippen LogP contribution < -0.4 is 10.6 Å². The van der Waals surface area contributed by atoms with E-state index in [0.717, 1.165) is 36.8 Å². The van der Waals surface area contributed by atoms with E-state index in [1.807, 2.05) is 31.2 Å². The number of aryl methyl sites for hydroxylation is 1. The summed E-state index contributed by atoms with van der Waals surface area (Å²) in [5.74, 6) is 0.834. The molecule has 0 bridgehead atoms. The standard InChI is InChI=1S/C15H21N3O/c1-11-4-2-3-5-13(11)17-15(19)10-18-8-12-6-7-16-14(12)9-18/h2-5,12,14,16H,6-10H2,1H3,(H,17,19)/t12-,14+/m0/s1. The molecule has 1 amide bonds. The van der Waals surface area contributed by atoms with E-state index in [1.165, 1.54) is 6.42 Å². The molecule has 2 fully saturated rings. The van der Waals surface area contributed by atoms with Crippen LogP contribution in [0.4, 0.5) is 5.69 Å². The third-order valence-corrected chi connectivity index (χ3v) is 4.22. The first kappa shape index (κ1) is 12.6. The molecule has 0 spiro atoms. The molecule has 2 saturated heterocycles. The van der Waals surface area contributed by atoms with Gasteiger partial charge < -0.3 is 10.6 Å². The number of anilines is 1. The monoisotopic (exact) mass is 259 g/mol. The Morgan fingerprint density at radius 2 is 2.26 bits per heavy atom. The SMILES string of the molecule is Cc1ccccc1NC(=O)CN1C[C@@H]2CCN[C@@H]2C1. The summed E-state index contributed by atoms with van der Waals surface area (Å²) in [5, 5.41) is 6.51. The number of para-hydroxylation sites is 1. The van der Waals surface area contributed by atoms with Crippen molar-refractivity contribution in [2.75, 3.05) is 31.5 Å². The molecule has 102 valence electrons. The van der Waals surface area contributed by atoms with Crippen molar-refractivity contribution in [3.05, 3.63) is 29.8 Å². The van der Waals surface area contributed by atoms with Crippen LogP contribution >= 0.6 is 0 Å². The molecule has 3 rings (SSSR count). The van der Waals surface area contributed by atoms with Gasteiger partial charge >= 0.3 is 0 Å². The van der Waals surface area contributed by atoms with Gasteiger partial charge in [0, 0.05) is 24.8 Å². The van der Waals surface area contributed by atoms with Crippen LogP contribution in [0.1, 0.15) is 12.0 Å². The lowest BCUT2D eigenvalue weighted by Gasteiger charge is -2.16. The Balaban J connectivity index is 1.53. The van der Waals surface area contributed by atoms with Crippen LogP contribution in [0.15, 0.2) is 24.3 Å². The molecule has 0 unspecified atom stereocenters. The highest BCUT2D eigenvalue weighted by Crippen LogP contribution is 2.24. The highest BCUT2D eigenvalue weighted by molar-refractivity contribution is 5.92. The predicted octanol–water partition coefficient (Wildman–Crippen LogP) is 1.23. The fourth-order valence-electron chi connectivity index (χ4n) is 3.17. The number of benzene rings is 1. The van der Waals surface area contributed by atoms with Crippen molar-refractivity contribution in [1.82, 2.24) is 10.2 Å². The third-order valence-electron chi connectivity index (χ3n) is 4.22. The minimum absolute atomic E-state index is 0.0919. The molecule has 0 aliphatic carbocycles. The molecular weight excluding hydrogens is 238 g/mol. The van der Waals surface area contributed by atoms with Crippen molar-refractivity contribution in [2.24, 2.45) is 5.92 Å². The molecule has 2 heterocycles. The number of nitrogens with one attached hydrogen (secondary N) is 2. The number of carbonyl (C=O) groups is 1. The highest BCUT2D eigenvalue weighted by Gasteiger charge is 2.36. The van der Waals surface area contributed by atoms with Gasteiger partial charge in [-0.3, -0.25) is 9.69 Å². The van der Waals surface area contributed by atoms with Gasteiger partial charge in [0.1, 0.15) is 0 Å². The summed E-state index contributed by atoms with van der Waals surface area (Å²) in [7, 11) is 0. The lowest BCUT2D eigenvalue weighted by atomic mass is 10.1. The number of amides is 1. The van der Waals surface area contributed by atoms with Gasteiger partial charge in [-0.25, -0.2) is 0 Å². The minimum Gasteiger partial charge on any atom is -0.325 e. The number of hydrogen-bond donors (Lipinski definition) is 2. The van der Waals surface area contributed by atoms with Crippen LogP contribution in [-0.4, -0.2) is 43.0 Å². The van der Waals surface area contributed by atoms with E-state index in [0.29, 0.717) is 12.6 Å². The van der Waals surface area contributed by atoms with Crippen molar-refractivity contribution in [1.29, 1.82) is 0 Å². The summed E-state index contributed by atoms with van der Waals surface area (Å²) >= 11 is 0. The van der Waals surface area contributed by atoms with Gasteiger partial charge in [-0.2, -0.15) is 0 Å². The lowest BCUT2D eigenvalue weighted by Crippen LogP contribution is -2.35. The van der Waals surface area contributed by atoms with Crippen LogP contribution in [0.25, 0.3) is 0 Å². The smallest absolute Gasteiger partial charge is 0.238 e. The molecule has 0 aromatic heterocycles. The average molecular weight is 259 g/mol. The zero-order chi connectivity index (χ0) is 13.2. The summed E-state index contributed by atoms with van der Waals surface area (Å²) in [4.78, 5) is 14.3. The van der Waals surface area contributed by atoms with Crippen molar-refractivity contribution in [3.8, 4) is 0 Å². The second-order valence-corrected chi connectivity index (χ2v) is 5.67. The minimum atomic E-state index is 0.0919. The fourth-order valence-corrected chi connectivity index (χ4v) is 3.17. The number of nitrogens with zero attached hydrogens (tertiary/aromatic N) is 1. The molecule has 0 radical (unpaired) electrons. The van der Waals surface area contributed by atoms with E-state index in [9.17, 15) is 4.79 Å². The number of carbonyl (C=O) groups excluding carboxylic acids is 1. The number of hydrogen-bond acceptors (Lipinski definition) is 3. The van der Waals surface area contributed by atoms with Crippen LogP contribution in [0, 0.1) is 12.8 Å². The maximum absolute atomic E-state index is 12.1. The molecule has 2 aliphatic heterocycles. The van der Waals surface area contributed by atoms with E-state index in [2.05, 4.69) is 15.5 Å². The molecule has 2 aliphatic rings. The molecule has 4 heteroatoms. The Bertz CT molecular complexity index is 462. The highest BCUT2D eigenvalue weighted by atomic mass is 16.2. The van der Waals surface area contributed by atoms with E-state index >= 15 is 0 Å². The molecule has 0 saturated carbocycles. The van der Waals surface area contributed by atoms with Crippen molar-refractivity contribution in [2.45, 2.75) is 19.4 Å². The van der Waals surface area contributed by atoms with Crippen molar-refractivity contribution < 1.29 is 4.79 Å². The van der Waals surface area contributed by atoms with Gasteiger partial charge in [0.05, 0.1) is 6.54 Å². The molecule has 1 aromatic carbocycles. The quantitative estimate of drug-likeness (QED) is 0.858. The van der Waals surface area contributed by atoms with E-state index in [4.69, 9.17) is 0 Å². The first-order valence-corrected chi connectivity index (χ1v) is 7.03. The molecule has 19 heavy (non-hydrogen) atoms. The Hall–Kier alpha value is -1.39.